The van der Waals surface area contributed by atoms with Gasteiger partial charge in [0, 0.05) is 10.0 Å². The monoisotopic (exact) mass is 271 g/mol. The predicted molar refractivity (Wildman–Crippen MR) is 47.8 cm³/mol. The van der Waals surface area contributed by atoms with E-state index in [2.05, 4.69) is 20.9 Å². The number of rotatable bonds is 2. The van der Waals surface area contributed by atoms with Crippen LogP contribution in [-0.2, 0) is 6.61 Å². The van der Waals surface area contributed by atoms with Crippen LogP contribution in [0, 0.1) is 0 Å². The van der Waals surface area contributed by atoms with Gasteiger partial charge in [-0.15, -0.1) is 0 Å². The number of halogens is 4. The lowest BCUT2D eigenvalue weighted by atomic mass is 10.2. The maximum absolute atomic E-state index is 12.2. The largest absolute Gasteiger partial charge is 0.392 e. The lowest BCUT2D eigenvalue weighted by Gasteiger charge is -2.05. The first-order chi connectivity index (χ1) is 6.06. The van der Waals surface area contributed by atoms with Gasteiger partial charge in [-0.2, -0.15) is 0 Å². The van der Waals surface area contributed by atoms with Gasteiger partial charge in [0.15, 0.2) is 0 Å². The van der Waals surface area contributed by atoms with Crippen molar-refractivity contribution < 1.29 is 13.9 Å². The van der Waals surface area contributed by atoms with Crippen LogP contribution in [0.15, 0.2) is 10.5 Å². The molecule has 0 fully saturated rings. The maximum Gasteiger partial charge on any atom is 0.280 e. The van der Waals surface area contributed by atoms with Crippen molar-refractivity contribution in [2.45, 2.75) is 13.0 Å². The fourth-order valence-corrected chi connectivity index (χ4v) is 1.70. The van der Waals surface area contributed by atoms with E-state index in [0.717, 1.165) is 6.07 Å². The molecular weight excluding hydrogens is 267 g/mol. The average Bonchev–Trinajstić information content (AvgIpc) is 2.03. The standard InChI is InChI=1S/C7H5BrClF2NO/c8-4-1-5(7(10)11)12-6(9)3(4)2-13/h1,7,13H,2H2. The molecule has 72 valence electrons. The highest BCUT2D eigenvalue weighted by Gasteiger charge is 2.14. The first-order valence-electron chi connectivity index (χ1n) is 3.30. The van der Waals surface area contributed by atoms with Crippen LogP contribution in [0.5, 0.6) is 0 Å². The number of aliphatic hydroxyl groups excluding tert-OH is 1. The molecule has 13 heavy (non-hydrogen) atoms. The lowest BCUT2D eigenvalue weighted by Crippen LogP contribution is -1.96. The highest BCUT2D eigenvalue weighted by Crippen LogP contribution is 2.28. The minimum atomic E-state index is -2.67. The molecule has 1 N–H and O–H groups in total. The summed E-state index contributed by atoms with van der Waals surface area (Å²) in [5, 5.41) is 8.68. The summed E-state index contributed by atoms with van der Waals surface area (Å²) in [6, 6.07) is 1.14. The summed E-state index contributed by atoms with van der Waals surface area (Å²) in [5.41, 5.74) is -0.0971. The zero-order valence-corrected chi connectivity index (χ0v) is 8.61. The summed E-state index contributed by atoms with van der Waals surface area (Å²) in [4.78, 5) is 3.43. The van der Waals surface area contributed by atoms with Crippen LogP contribution >= 0.6 is 27.5 Å². The SMILES string of the molecule is OCc1c(Br)cc(C(F)F)nc1Cl. The van der Waals surface area contributed by atoms with Gasteiger partial charge in [0.25, 0.3) is 6.43 Å². The second-order valence-corrected chi connectivity index (χ2v) is 3.47. The normalized spacial score (nSPS) is 10.9. The molecule has 6 heteroatoms. The van der Waals surface area contributed by atoms with Gasteiger partial charge in [-0.25, -0.2) is 13.8 Å². The molecule has 1 aromatic heterocycles. The van der Waals surface area contributed by atoms with Gasteiger partial charge in [0.1, 0.15) is 10.8 Å². The minimum absolute atomic E-state index is 0.104. The average molecular weight is 272 g/mol. The van der Waals surface area contributed by atoms with Gasteiger partial charge < -0.3 is 5.11 Å². The fraction of sp³-hybridized carbons (Fsp3) is 0.286. The van der Waals surface area contributed by atoms with Gasteiger partial charge in [0.05, 0.1) is 6.61 Å². The third-order valence-electron chi connectivity index (χ3n) is 1.42. The molecule has 0 saturated carbocycles. The van der Waals surface area contributed by atoms with Crippen LogP contribution in [0.3, 0.4) is 0 Å². The number of nitrogens with zero attached hydrogens (tertiary/aromatic N) is 1. The molecular formula is C7H5BrClF2NO. The van der Waals surface area contributed by atoms with E-state index in [1.807, 2.05) is 0 Å². The van der Waals surface area contributed by atoms with Crippen molar-refractivity contribution in [1.82, 2.24) is 4.98 Å². The van der Waals surface area contributed by atoms with Crippen molar-refractivity contribution in [3.8, 4) is 0 Å². The Bertz CT molecular complexity index is 298. The quantitative estimate of drug-likeness (QED) is 0.840. The van der Waals surface area contributed by atoms with Gasteiger partial charge in [0.2, 0.25) is 0 Å². The summed E-state index contributed by atoms with van der Waals surface area (Å²) >= 11 is 8.55. The number of pyridine rings is 1. The summed E-state index contributed by atoms with van der Waals surface area (Å²) < 4.78 is 24.7. The number of aliphatic hydroxyl groups is 1. The fourth-order valence-electron chi connectivity index (χ4n) is 0.781. The molecule has 0 spiro atoms. The molecule has 0 radical (unpaired) electrons. The van der Waals surface area contributed by atoms with Gasteiger partial charge in [-0.05, 0) is 6.07 Å². The van der Waals surface area contributed by atoms with Crippen molar-refractivity contribution in [2.75, 3.05) is 0 Å². The molecule has 0 amide bonds. The Hall–Kier alpha value is -0.260. The molecule has 0 atom stereocenters. The van der Waals surface area contributed by atoms with Crippen molar-refractivity contribution in [2.24, 2.45) is 0 Å². The van der Waals surface area contributed by atoms with Crippen molar-refractivity contribution >= 4 is 27.5 Å². The maximum atomic E-state index is 12.2. The van der Waals surface area contributed by atoms with Crippen LogP contribution in [0.25, 0.3) is 0 Å². The molecule has 0 bridgehead atoms. The van der Waals surface area contributed by atoms with E-state index in [-0.39, 0.29) is 11.8 Å². The van der Waals surface area contributed by atoms with Crippen LogP contribution in [0.4, 0.5) is 8.78 Å². The smallest absolute Gasteiger partial charge is 0.280 e. The lowest BCUT2D eigenvalue weighted by molar-refractivity contribution is 0.146. The first-order valence-corrected chi connectivity index (χ1v) is 4.47. The van der Waals surface area contributed by atoms with E-state index in [1.165, 1.54) is 0 Å². The highest BCUT2D eigenvalue weighted by molar-refractivity contribution is 9.10. The van der Waals surface area contributed by atoms with E-state index in [4.69, 9.17) is 16.7 Å². The summed E-state index contributed by atoms with van der Waals surface area (Å²) in [5.74, 6) is 0. The molecule has 0 saturated heterocycles. The number of hydrogen-bond donors (Lipinski definition) is 1. The Labute approximate surface area is 86.7 Å². The second-order valence-electron chi connectivity index (χ2n) is 2.26. The van der Waals surface area contributed by atoms with E-state index in [1.54, 1.807) is 0 Å². The molecule has 0 aromatic carbocycles. The molecule has 1 aromatic rings. The zero-order valence-electron chi connectivity index (χ0n) is 6.27. The molecule has 2 nitrogen and oxygen atoms in total. The Balaban J connectivity index is 3.20. The van der Waals surface area contributed by atoms with Gasteiger partial charge in [-0.1, -0.05) is 27.5 Å². The molecule has 0 unspecified atom stereocenters. The molecule has 0 aliphatic carbocycles. The highest BCUT2D eigenvalue weighted by atomic mass is 79.9. The van der Waals surface area contributed by atoms with E-state index in [0.29, 0.717) is 10.0 Å². The van der Waals surface area contributed by atoms with Crippen LogP contribution in [0.1, 0.15) is 17.7 Å². The number of aromatic nitrogens is 1. The Morgan fingerprint density at radius 1 is 1.62 bits per heavy atom. The third-order valence-corrected chi connectivity index (χ3v) is 2.44. The van der Waals surface area contributed by atoms with Gasteiger partial charge in [-0.3, -0.25) is 0 Å². The molecule has 1 rings (SSSR count). The van der Waals surface area contributed by atoms with E-state index >= 15 is 0 Å². The summed E-state index contributed by atoms with van der Waals surface area (Å²) in [6.45, 7) is -0.337. The predicted octanol–water partition coefficient (Wildman–Crippen LogP) is 2.93. The molecule has 1 heterocycles. The third kappa shape index (κ3) is 2.36. The second kappa shape index (κ2) is 4.30. The van der Waals surface area contributed by atoms with Crippen molar-refractivity contribution in [1.29, 1.82) is 0 Å². The summed E-state index contributed by atoms with van der Waals surface area (Å²) in [6.07, 6.45) is -2.67. The van der Waals surface area contributed by atoms with E-state index in [9.17, 15) is 8.78 Å². The van der Waals surface area contributed by atoms with E-state index < -0.39 is 12.1 Å². The minimum Gasteiger partial charge on any atom is -0.392 e. The molecule has 0 aliphatic heterocycles. The first kappa shape index (κ1) is 10.8. The summed E-state index contributed by atoms with van der Waals surface area (Å²) in [7, 11) is 0. The molecule has 0 aliphatic rings. The Kier molecular flexibility index (Phi) is 3.58. The topological polar surface area (TPSA) is 33.1 Å². The Morgan fingerprint density at radius 2 is 2.23 bits per heavy atom. The van der Waals surface area contributed by atoms with Crippen LogP contribution in [0.2, 0.25) is 5.15 Å². The Morgan fingerprint density at radius 3 is 2.62 bits per heavy atom. The van der Waals surface area contributed by atoms with Crippen LogP contribution < -0.4 is 0 Å². The van der Waals surface area contributed by atoms with Crippen molar-refractivity contribution in [3.05, 3.63) is 26.9 Å². The number of hydrogen-bond acceptors (Lipinski definition) is 2. The van der Waals surface area contributed by atoms with Crippen molar-refractivity contribution in [3.63, 3.8) is 0 Å². The number of alkyl halides is 2. The van der Waals surface area contributed by atoms with Gasteiger partial charge >= 0.3 is 0 Å². The zero-order chi connectivity index (χ0) is 10.0. The van der Waals surface area contributed by atoms with Crippen LogP contribution in [-0.4, -0.2) is 10.1 Å².